The van der Waals surface area contributed by atoms with Gasteiger partial charge in [-0.3, -0.25) is 4.79 Å². The van der Waals surface area contributed by atoms with Crippen molar-refractivity contribution in [1.29, 1.82) is 0 Å². The van der Waals surface area contributed by atoms with E-state index in [9.17, 15) is 14.4 Å². The highest BCUT2D eigenvalue weighted by Gasteiger charge is 2.33. The van der Waals surface area contributed by atoms with Gasteiger partial charge < -0.3 is 19.7 Å². The summed E-state index contributed by atoms with van der Waals surface area (Å²) in [5.41, 5.74) is -0.677. The van der Waals surface area contributed by atoms with E-state index in [4.69, 9.17) is 9.47 Å². The van der Waals surface area contributed by atoms with E-state index in [0.29, 0.717) is 6.42 Å². The standard InChI is InChI=1S/C18H32N2O5/c1-9-10-13(19-17(23)25-18(4,5)6)15(21)20(7)14(11-12(2)3)16(22)24-8/h9,12-14H,1,10-11H2,2-8H3,(H,19,23)/t13-,14-/m0/s1. The maximum atomic E-state index is 12.8. The van der Waals surface area contributed by atoms with Crippen LogP contribution in [0.1, 0.15) is 47.5 Å². The first-order valence-corrected chi connectivity index (χ1v) is 8.37. The Bertz CT molecular complexity index is 482. The number of carbonyl (C=O) groups is 3. The largest absolute Gasteiger partial charge is 0.467 e. The number of rotatable bonds is 8. The molecular weight excluding hydrogens is 324 g/mol. The minimum atomic E-state index is -0.864. The van der Waals surface area contributed by atoms with Gasteiger partial charge in [0.05, 0.1) is 7.11 Å². The summed E-state index contributed by atoms with van der Waals surface area (Å²) in [4.78, 5) is 38.1. The zero-order valence-corrected chi connectivity index (χ0v) is 16.4. The minimum Gasteiger partial charge on any atom is -0.467 e. The Hall–Kier alpha value is -2.05. The number of methoxy groups -OCH3 is 1. The molecule has 0 spiro atoms. The van der Waals surface area contributed by atoms with Crippen LogP contribution in [0.4, 0.5) is 4.79 Å². The summed E-state index contributed by atoms with van der Waals surface area (Å²) >= 11 is 0. The van der Waals surface area contributed by atoms with Gasteiger partial charge in [0.15, 0.2) is 0 Å². The molecule has 0 bridgehead atoms. The van der Waals surface area contributed by atoms with Crippen LogP contribution in [-0.4, -0.2) is 54.7 Å². The SMILES string of the molecule is C=CC[C@H](NC(=O)OC(C)(C)C)C(=O)N(C)[C@@H](CC(C)C)C(=O)OC. The molecule has 1 N–H and O–H groups in total. The highest BCUT2D eigenvalue weighted by Crippen LogP contribution is 2.14. The van der Waals surface area contributed by atoms with Crippen molar-refractivity contribution in [3.05, 3.63) is 12.7 Å². The summed E-state index contributed by atoms with van der Waals surface area (Å²) in [6.07, 6.45) is 1.52. The summed E-state index contributed by atoms with van der Waals surface area (Å²) in [5, 5.41) is 2.54. The number of alkyl carbamates (subject to hydrolysis) is 1. The van der Waals surface area contributed by atoms with Crippen molar-refractivity contribution >= 4 is 18.0 Å². The number of carbonyl (C=O) groups excluding carboxylic acids is 3. The molecule has 0 heterocycles. The van der Waals surface area contributed by atoms with E-state index in [1.165, 1.54) is 25.1 Å². The molecular formula is C18H32N2O5. The van der Waals surface area contributed by atoms with Crippen molar-refractivity contribution in [1.82, 2.24) is 10.2 Å². The average molecular weight is 356 g/mol. The Morgan fingerprint density at radius 2 is 1.80 bits per heavy atom. The second-order valence-corrected chi connectivity index (χ2v) is 7.34. The van der Waals surface area contributed by atoms with Gasteiger partial charge in [0.1, 0.15) is 17.7 Å². The van der Waals surface area contributed by atoms with Gasteiger partial charge in [-0.1, -0.05) is 19.9 Å². The summed E-state index contributed by atoms with van der Waals surface area (Å²) in [6, 6.07) is -1.58. The zero-order chi connectivity index (χ0) is 19.8. The Morgan fingerprint density at radius 3 is 2.20 bits per heavy atom. The Morgan fingerprint density at radius 1 is 1.24 bits per heavy atom. The monoisotopic (exact) mass is 356 g/mol. The van der Waals surface area contributed by atoms with Crippen molar-refractivity contribution in [2.75, 3.05) is 14.2 Å². The van der Waals surface area contributed by atoms with Crippen LogP contribution in [0.5, 0.6) is 0 Å². The second-order valence-electron chi connectivity index (χ2n) is 7.34. The summed E-state index contributed by atoms with van der Waals surface area (Å²) < 4.78 is 10.00. The molecule has 0 fully saturated rings. The number of hydrogen-bond acceptors (Lipinski definition) is 5. The van der Waals surface area contributed by atoms with Gasteiger partial charge in [-0.2, -0.15) is 0 Å². The summed E-state index contributed by atoms with van der Waals surface area (Å²) in [7, 11) is 2.81. The van der Waals surface area contributed by atoms with E-state index < -0.39 is 35.7 Å². The number of esters is 1. The number of hydrogen-bond donors (Lipinski definition) is 1. The van der Waals surface area contributed by atoms with Crippen LogP contribution in [0.2, 0.25) is 0 Å². The summed E-state index contributed by atoms with van der Waals surface area (Å²) in [5.74, 6) is -0.697. The minimum absolute atomic E-state index is 0.191. The highest BCUT2D eigenvalue weighted by molar-refractivity contribution is 5.89. The molecule has 0 aliphatic carbocycles. The lowest BCUT2D eigenvalue weighted by Gasteiger charge is -2.31. The van der Waals surface area contributed by atoms with E-state index in [-0.39, 0.29) is 12.3 Å². The van der Waals surface area contributed by atoms with Crippen LogP contribution in [0.25, 0.3) is 0 Å². The molecule has 0 rings (SSSR count). The van der Waals surface area contributed by atoms with Gasteiger partial charge >= 0.3 is 12.1 Å². The first kappa shape index (κ1) is 22.9. The van der Waals surface area contributed by atoms with Gasteiger partial charge in [0.25, 0.3) is 0 Å². The predicted molar refractivity (Wildman–Crippen MR) is 96.0 cm³/mol. The molecule has 2 atom stereocenters. The first-order chi connectivity index (χ1) is 11.4. The molecule has 0 aromatic heterocycles. The third-order valence-corrected chi connectivity index (χ3v) is 3.37. The predicted octanol–water partition coefficient (Wildman–Crippen LogP) is 2.50. The van der Waals surface area contributed by atoms with Crippen LogP contribution >= 0.6 is 0 Å². The first-order valence-electron chi connectivity index (χ1n) is 8.37. The third kappa shape index (κ3) is 8.56. The lowest BCUT2D eigenvalue weighted by atomic mass is 10.0. The fourth-order valence-electron chi connectivity index (χ4n) is 2.23. The van der Waals surface area contributed by atoms with Crippen molar-refractivity contribution < 1.29 is 23.9 Å². The topological polar surface area (TPSA) is 84.9 Å². The van der Waals surface area contributed by atoms with E-state index in [1.807, 2.05) is 13.8 Å². The van der Waals surface area contributed by atoms with E-state index in [0.717, 1.165) is 0 Å². The normalized spacial score (nSPS) is 13.6. The van der Waals surface area contributed by atoms with Crippen LogP contribution in [0.15, 0.2) is 12.7 Å². The molecule has 0 unspecified atom stereocenters. The molecule has 7 heteroatoms. The van der Waals surface area contributed by atoms with Crippen LogP contribution in [0, 0.1) is 5.92 Å². The third-order valence-electron chi connectivity index (χ3n) is 3.37. The number of nitrogens with one attached hydrogen (secondary N) is 1. The van der Waals surface area contributed by atoms with Crippen molar-refractivity contribution in [3.63, 3.8) is 0 Å². The Kier molecular flexibility index (Phi) is 9.23. The van der Waals surface area contributed by atoms with Crippen LogP contribution < -0.4 is 5.32 Å². The molecule has 0 aliphatic heterocycles. The number of likely N-dealkylation sites (N-methyl/N-ethyl adjacent to an activating group) is 1. The van der Waals surface area contributed by atoms with Gasteiger partial charge in [-0.15, -0.1) is 6.58 Å². The van der Waals surface area contributed by atoms with E-state index in [1.54, 1.807) is 20.8 Å². The molecule has 0 radical (unpaired) electrons. The lowest BCUT2D eigenvalue weighted by Crippen LogP contribution is -2.53. The molecule has 2 amide bonds. The maximum Gasteiger partial charge on any atom is 0.408 e. The van der Waals surface area contributed by atoms with Crippen molar-refractivity contribution in [2.45, 2.75) is 65.1 Å². The quantitative estimate of drug-likeness (QED) is 0.533. The highest BCUT2D eigenvalue weighted by atomic mass is 16.6. The molecule has 25 heavy (non-hydrogen) atoms. The molecule has 7 nitrogen and oxygen atoms in total. The number of nitrogens with zero attached hydrogens (tertiary/aromatic N) is 1. The molecule has 0 aromatic rings. The maximum absolute atomic E-state index is 12.8. The van der Waals surface area contributed by atoms with Gasteiger partial charge in [-0.25, -0.2) is 9.59 Å². The van der Waals surface area contributed by atoms with E-state index in [2.05, 4.69) is 11.9 Å². The molecule has 144 valence electrons. The lowest BCUT2D eigenvalue weighted by molar-refractivity contribution is -0.153. The van der Waals surface area contributed by atoms with Crippen LogP contribution in [0.3, 0.4) is 0 Å². The number of amides is 2. The van der Waals surface area contributed by atoms with E-state index >= 15 is 0 Å². The zero-order valence-electron chi connectivity index (χ0n) is 16.4. The molecule has 0 aromatic carbocycles. The smallest absolute Gasteiger partial charge is 0.408 e. The van der Waals surface area contributed by atoms with Gasteiger partial charge in [0.2, 0.25) is 5.91 Å². The van der Waals surface area contributed by atoms with Gasteiger partial charge in [0, 0.05) is 7.05 Å². The molecule has 0 saturated carbocycles. The molecule has 0 saturated heterocycles. The van der Waals surface area contributed by atoms with Crippen molar-refractivity contribution in [2.24, 2.45) is 5.92 Å². The average Bonchev–Trinajstić information content (AvgIpc) is 2.48. The fraction of sp³-hybridized carbons (Fsp3) is 0.722. The Labute approximate surface area is 150 Å². The molecule has 0 aliphatic rings. The summed E-state index contributed by atoms with van der Waals surface area (Å²) in [6.45, 7) is 12.7. The van der Waals surface area contributed by atoms with Gasteiger partial charge in [-0.05, 0) is 39.5 Å². The fourth-order valence-corrected chi connectivity index (χ4v) is 2.23. The van der Waals surface area contributed by atoms with Crippen molar-refractivity contribution in [3.8, 4) is 0 Å². The Balaban J connectivity index is 5.24. The number of ether oxygens (including phenoxy) is 2. The second kappa shape index (κ2) is 10.1. The van der Waals surface area contributed by atoms with Crippen LogP contribution in [-0.2, 0) is 19.1 Å².